The summed E-state index contributed by atoms with van der Waals surface area (Å²) in [4.78, 5) is 16.7. The maximum atomic E-state index is 6.13. The second-order valence-corrected chi connectivity index (χ2v) is 6.22. The number of aromatic amines is 1. The first-order chi connectivity index (χ1) is 12.3. The Kier molecular flexibility index (Phi) is 3.08. The topological polar surface area (TPSA) is 66.5 Å². The van der Waals surface area contributed by atoms with Crippen LogP contribution in [0.3, 0.4) is 0 Å². The number of halogens is 1. The Morgan fingerprint density at radius 1 is 0.960 bits per heavy atom. The molecule has 120 valence electrons. The molecule has 4 heterocycles. The number of nitrogens with one attached hydrogen (secondary N) is 2. The predicted octanol–water partition coefficient (Wildman–Crippen LogP) is 5.06. The highest BCUT2D eigenvalue weighted by Crippen LogP contribution is 2.35. The van der Waals surface area contributed by atoms with Crippen LogP contribution in [0.25, 0.3) is 32.8 Å². The molecule has 5 rings (SSSR count). The summed E-state index contributed by atoms with van der Waals surface area (Å²) in [5, 5.41) is 6.09. The number of nitrogens with zero attached hydrogens (tertiary/aromatic N) is 3. The fourth-order valence-electron chi connectivity index (χ4n) is 3.09. The number of hydrogen-bond donors (Lipinski definition) is 2. The summed E-state index contributed by atoms with van der Waals surface area (Å²) in [7, 11) is 0. The van der Waals surface area contributed by atoms with Gasteiger partial charge in [0.1, 0.15) is 5.52 Å². The average Bonchev–Trinajstić information content (AvgIpc) is 3.00. The van der Waals surface area contributed by atoms with Crippen LogP contribution in [-0.2, 0) is 0 Å². The number of hydrogen-bond acceptors (Lipinski definition) is 4. The lowest BCUT2D eigenvalue weighted by molar-refractivity contribution is 1.34. The van der Waals surface area contributed by atoms with Crippen LogP contribution in [0.15, 0.2) is 61.2 Å². The van der Waals surface area contributed by atoms with Gasteiger partial charge in [-0.25, -0.2) is 4.98 Å². The molecule has 0 atom stereocenters. The zero-order chi connectivity index (χ0) is 16.8. The summed E-state index contributed by atoms with van der Waals surface area (Å²) < 4.78 is 0. The van der Waals surface area contributed by atoms with Gasteiger partial charge in [-0.1, -0.05) is 17.7 Å². The van der Waals surface area contributed by atoms with Crippen LogP contribution in [0.2, 0.25) is 5.02 Å². The highest BCUT2D eigenvalue weighted by Gasteiger charge is 2.14. The van der Waals surface area contributed by atoms with Gasteiger partial charge in [-0.05, 0) is 30.3 Å². The summed E-state index contributed by atoms with van der Waals surface area (Å²) in [5.41, 5.74) is 5.50. The summed E-state index contributed by atoms with van der Waals surface area (Å²) in [5.74, 6) is 0. The van der Waals surface area contributed by atoms with E-state index < -0.39 is 0 Å². The first-order valence-corrected chi connectivity index (χ1v) is 8.19. The predicted molar refractivity (Wildman–Crippen MR) is 101 cm³/mol. The van der Waals surface area contributed by atoms with Crippen molar-refractivity contribution in [1.82, 2.24) is 19.9 Å². The Balaban J connectivity index is 1.86. The molecule has 0 unspecified atom stereocenters. The van der Waals surface area contributed by atoms with E-state index in [1.165, 1.54) is 0 Å². The van der Waals surface area contributed by atoms with E-state index in [0.717, 1.165) is 44.2 Å². The largest absolute Gasteiger partial charge is 0.353 e. The fourth-order valence-corrected chi connectivity index (χ4v) is 3.28. The Labute approximate surface area is 147 Å². The lowest BCUT2D eigenvalue weighted by atomic mass is 10.1. The minimum absolute atomic E-state index is 0.679. The van der Waals surface area contributed by atoms with E-state index in [-0.39, 0.29) is 0 Å². The smallest absolute Gasteiger partial charge is 0.100 e. The van der Waals surface area contributed by atoms with Crippen molar-refractivity contribution in [2.24, 2.45) is 0 Å². The molecule has 0 radical (unpaired) electrons. The van der Waals surface area contributed by atoms with Crippen LogP contribution in [-0.4, -0.2) is 19.9 Å². The molecule has 0 saturated carbocycles. The number of anilines is 2. The molecule has 4 aromatic heterocycles. The van der Waals surface area contributed by atoms with Gasteiger partial charge in [-0.15, -0.1) is 0 Å². The van der Waals surface area contributed by atoms with Gasteiger partial charge in [-0.2, -0.15) is 0 Å². The Morgan fingerprint density at radius 3 is 2.68 bits per heavy atom. The van der Waals surface area contributed by atoms with E-state index in [4.69, 9.17) is 16.6 Å². The lowest BCUT2D eigenvalue weighted by Gasteiger charge is -2.11. The first-order valence-electron chi connectivity index (χ1n) is 7.81. The maximum Gasteiger partial charge on any atom is 0.100 e. The highest BCUT2D eigenvalue weighted by molar-refractivity contribution is 6.30. The number of H-pyrrole nitrogens is 1. The summed E-state index contributed by atoms with van der Waals surface area (Å²) in [6.07, 6.45) is 7.16. The standard InChI is InChI=1S/C19H12ClN5/c20-11-2-1-3-12(8-11)23-17-13-9-21-6-4-15(13)24-18-14-10-22-7-5-16(14)25-19(17)18/h1-10,25H,(H,23,24). The van der Waals surface area contributed by atoms with Crippen molar-refractivity contribution in [3.8, 4) is 0 Å². The van der Waals surface area contributed by atoms with Gasteiger partial charge in [0, 0.05) is 46.3 Å². The fraction of sp³-hybridized carbons (Fsp3) is 0. The van der Waals surface area contributed by atoms with Crippen LogP contribution in [0, 0.1) is 0 Å². The first kappa shape index (κ1) is 14.2. The second kappa shape index (κ2) is 5.43. The third kappa shape index (κ3) is 2.28. The van der Waals surface area contributed by atoms with Gasteiger partial charge in [0.25, 0.3) is 0 Å². The molecule has 2 N–H and O–H groups in total. The normalized spacial score (nSPS) is 11.4. The van der Waals surface area contributed by atoms with Crippen molar-refractivity contribution >= 4 is 55.8 Å². The van der Waals surface area contributed by atoms with Crippen molar-refractivity contribution in [3.05, 3.63) is 66.2 Å². The van der Waals surface area contributed by atoms with Crippen LogP contribution in [0.1, 0.15) is 0 Å². The van der Waals surface area contributed by atoms with E-state index in [0.29, 0.717) is 5.02 Å². The molecule has 6 heteroatoms. The molecule has 25 heavy (non-hydrogen) atoms. The number of benzene rings is 1. The third-order valence-electron chi connectivity index (χ3n) is 4.22. The van der Waals surface area contributed by atoms with Crippen molar-refractivity contribution in [1.29, 1.82) is 0 Å². The minimum Gasteiger partial charge on any atom is -0.353 e. The number of pyridine rings is 3. The molecule has 0 spiro atoms. The maximum absolute atomic E-state index is 6.13. The molecule has 0 aliphatic rings. The third-order valence-corrected chi connectivity index (χ3v) is 4.45. The second-order valence-electron chi connectivity index (χ2n) is 5.78. The summed E-state index contributed by atoms with van der Waals surface area (Å²) >= 11 is 6.13. The monoisotopic (exact) mass is 345 g/mol. The zero-order valence-corrected chi connectivity index (χ0v) is 13.7. The molecule has 1 aromatic carbocycles. The van der Waals surface area contributed by atoms with E-state index in [1.54, 1.807) is 12.4 Å². The van der Waals surface area contributed by atoms with Gasteiger partial charge in [0.05, 0.1) is 22.2 Å². The molecular weight excluding hydrogens is 334 g/mol. The number of aromatic nitrogens is 4. The Morgan fingerprint density at radius 2 is 1.80 bits per heavy atom. The molecule has 0 fully saturated rings. The van der Waals surface area contributed by atoms with Crippen molar-refractivity contribution < 1.29 is 0 Å². The zero-order valence-electron chi connectivity index (χ0n) is 13.0. The lowest BCUT2D eigenvalue weighted by Crippen LogP contribution is -1.95. The van der Waals surface area contributed by atoms with Gasteiger partial charge >= 0.3 is 0 Å². The quantitative estimate of drug-likeness (QED) is 0.469. The van der Waals surface area contributed by atoms with Gasteiger partial charge in [0.2, 0.25) is 0 Å². The van der Waals surface area contributed by atoms with E-state index >= 15 is 0 Å². The molecule has 5 nitrogen and oxygen atoms in total. The van der Waals surface area contributed by atoms with Gasteiger partial charge < -0.3 is 10.3 Å². The summed E-state index contributed by atoms with van der Waals surface area (Å²) in [6.45, 7) is 0. The van der Waals surface area contributed by atoms with Crippen LogP contribution in [0.4, 0.5) is 11.4 Å². The van der Waals surface area contributed by atoms with Crippen molar-refractivity contribution in [2.45, 2.75) is 0 Å². The van der Waals surface area contributed by atoms with Crippen LogP contribution < -0.4 is 5.32 Å². The van der Waals surface area contributed by atoms with Gasteiger partial charge in [0.15, 0.2) is 0 Å². The SMILES string of the molecule is Clc1cccc(Nc2c3cnccc3nc3c2[nH]c2ccncc23)c1. The highest BCUT2D eigenvalue weighted by atomic mass is 35.5. The molecule has 0 amide bonds. The Hall–Kier alpha value is -3.18. The molecule has 0 aliphatic heterocycles. The van der Waals surface area contributed by atoms with Gasteiger partial charge in [-0.3, -0.25) is 9.97 Å². The molecular formula is C19H12ClN5. The van der Waals surface area contributed by atoms with E-state index in [2.05, 4.69) is 20.3 Å². The molecule has 0 aliphatic carbocycles. The number of fused-ring (bicyclic) bond motifs is 4. The Bertz CT molecular complexity index is 1240. The number of rotatable bonds is 2. The summed E-state index contributed by atoms with van der Waals surface area (Å²) in [6, 6.07) is 11.5. The van der Waals surface area contributed by atoms with Crippen molar-refractivity contribution in [3.63, 3.8) is 0 Å². The molecule has 0 bridgehead atoms. The van der Waals surface area contributed by atoms with E-state index in [9.17, 15) is 0 Å². The van der Waals surface area contributed by atoms with Crippen LogP contribution >= 0.6 is 11.6 Å². The molecule has 5 aromatic rings. The minimum atomic E-state index is 0.679. The van der Waals surface area contributed by atoms with Crippen LogP contribution in [0.5, 0.6) is 0 Å². The van der Waals surface area contributed by atoms with Crippen molar-refractivity contribution in [2.75, 3.05) is 5.32 Å². The average molecular weight is 346 g/mol. The van der Waals surface area contributed by atoms with E-state index in [1.807, 2.05) is 48.8 Å². The molecule has 0 saturated heterocycles.